The molecule has 1 aromatic rings. The van der Waals surface area contributed by atoms with Gasteiger partial charge in [0.2, 0.25) is 5.91 Å². The van der Waals surface area contributed by atoms with Crippen molar-refractivity contribution in [1.29, 1.82) is 0 Å². The molecule has 1 heterocycles. The number of carboxylic acid groups (broad SMARTS) is 1. The third-order valence-corrected chi connectivity index (χ3v) is 4.02. The van der Waals surface area contributed by atoms with Gasteiger partial charge < -0.3 is 15.1 Å². The van der Waals surface area contributed by atoms with E-state index in [1.807, 2.05) is 0 Å². The van der Waals surface area contributed by atoms with Crippen molar-refractivity contribution in [3.05, 3.63) is 23.8 Å². The predicted octanol–water partition coefficient (Wildman–Crippen LogP) is 0.743. The molecule has 0 saturated carbocycles. The fourth-order valence-electron chi connectivity index (χ4n) is 2.29. The van der Waals surface area contributed by atoms with E-state index in [9.17, 15) is 27.0 Å². The minimum absolute atomic E-state index is 0.0536. The molecule has 0 aromatic heterocycles. The van der Waals surface area contributed by atoms with Crippen molar-refractivity contribution in [2.24, 2.45) is 5.92 Å². The van der Waals surface area contributed by atoms with Crippen LogP contribution in [0.4, 0.5) is 9.57 Å². The van der Waals surface area contributed by atoms with Crippen LogP contribution >= 0.6 is 0 Å². The molecule has 7 nitrogen and oxygen atoms in total. The van der Waals surface area contributed by atoms with Crippen molar-refractivity contribution < 1.29 is 32.1 Å². The molecule has 0 bridgehead atoms. The van der Waals surface area contributed by atoms with E-state index in [0.717, 1.165) is 11.0 Å². The molecule has 1 aliphatic heterocycles. The Morgan fingerprint density at radius 2 is 2.10 bits per heavy atom. The maximum atomic E-state index is 12.6. The van der Waals surface area contributed by atoms with Crippen molar-refractivity contribution in [2.75, 3.05) is 17.2 Å². The van der Waals surface area contributed by atoms with Gasteiger partial charge in [0.1, 0.15) is 5.75 Å². The van der Waals surface area contributed by atoms with E-state index in [1.165, 1.54) is 12.1 Å². The molecule has 9 heteroatoms. The number of rotatable bonds is 4. The van der Waals surface area contributed by atoms with Crippen LogP contribution in [-0.2, 0) is 15.0 Å². The highest BCUT2D eigenvalue weighted by atomic mass is 32.3. The standard InChI is InChI=1S/C12H12FNO6S/c13-21(19,20)6-7-3-11(16)14(5-7)9-2-1-8(12(17)18)4-10(9)15/h1-2,4,7,15H,3,5-6H2,(H,17,18). The smallest absolute Gasteiger partial charge is 0.335 e. The van der Waals surface area contributed by atoms with E-state index in [4.69, 9.17) is 5.11 Å². The molecule has 1 atom stereocenters. The molecule has 0 radical (unpaired) electrons. The third kappa shape index (κ3) is 3.48. The number of phenols is 1. The van der Waals surface area contributed by atoms with Crippen LogP contribution in [0, 0.1) is 5.92 Å². The molecule has 114 valence electrons. The van der Waals surface area contributed by atoms with Crippen LogP contribution < -0.4 is 4.90 Å². The fraction of sp³-hybridized carbons (Fsp3) is 0.333. The molecular formula is C12H12FNO6S. The second-order valence-corrected chi connectivity index (χ2v) is 6.20. The van der Waals surface area contributed by atoms with Crippen LogP contribution in [0.3, 0.4) is 0 Å². The molecule has 1 fully saturated rings. The Bertz CT molecular complexity index is 702. The Balaban J connectivity index is 2.23. The topological polar surface area (TPSA) is 112 Å². The Morgan fingerprint density at radius 1 is 1.43 bits per heavy atom. The quantitative estimate of drug-likeness (QED) is 0.792. The number of phenolic OH excluding ortho intramolecular Hbond substituents is 1. The summed E-state index contributed by atoms with van der Waals surface area (Å²) in [6.07, 6.45) is -0.150. The average Bonchev–Trinajstić information content (AvgIpc) is 2.67. The van der Waals surface area contributed by atoms with Gasteiger partial charge in [0.05, 0.1) is 17.0 Å². The lowest BCUT2D eigenvalue weighted by molar-refractivity contribution is -0.117. The van der Waals surface area contributed by atoms with Gasteiger partial charge in [0.25, 0.3) is 0 Å². The number of nitrogens with zero attached hydrogens (tertiary/aromatic N) is 1. The van der Waals surface area contributed by atoms with Crippen molar-refractivity contribution in [3.8, 4) is 5.75 Å². The van der Waals surface area contributed by atoms with Gasteiger partial charge in [-0.3, -0.25) is 4.79 Å². The monoisotopic (exact) mass is 317 g/mol. The minimum Gasteiger partial charge on any atom is -0.506 e. The number of benzene rings is 1. The van der Waals surface area contributed by atoms with E-state index in [-0.39, 0.29) is 24.2 Å². The highest BCUT2D eigenvalue weighted by molar-refractivity contribution is 7.86. The number of carbonyl (C=O) groups excluding carboxylic acids is 1. The van der Waals surface area contributed by atoms with Crippen LogP contribution in [-0.4, -0.2) is 42.8 Å². The molecular weight excluding hydrogens is 305 g/mol. The Kier molecular flexibility index (Phi) is 3.86. The summed E-state index contributed by atoms with van der Waals surface area (Å²) in [5, 5.41) is 18.6. The number of aromatic carboxylic acids is 1. The average molecular weight is 317 g/mol. The summed E-state index contributed by atoms with van der Waals surface area (Å²) < 4.78 is 33.9. The molecule has 0 aliphatic carbocycles. The predicted molar refractivity (Wildman–Crippen MR) is 70.4 cm³/mol. The van der Waals surface area contributed by atoms with Gasteiger partial charge in [0, 0.05) is 18.9 Å². The first-order chi connectivity index (χ1) is 9.67. The molecule has 2 rings (SSSR count). The third-order valence-electron chi connectivity index (χ3n) is 3.15. The molecule has 0 spiro atoms. The zero-order valence-electron chi connectivity index (χ0n) is 10.7. The summed E-state index contributed by atoms with van der Waals surface area (Å²) in [6.45, 7) is -0.0536. The number of hydrogen-bond acceptors (Lipinski definition) is 5. The molecule has 1 saturated heterocycles. The Morgan fingerprint density at radius 3 is 2.62 bits per heavy atom. The summed E-state index contributed by atoms with van der Waals surface area (Å²) in [7, 11) is -4.68. The second-order valence-electron chi connectivity index (χ2n) is 4.79. The summed E-state index contributed by atoms with van der Waals surface area (Å²) in [4.78, 5) is 23.7. The van der Waals surface area contributed by atoms with E-state index in [2.05, 4.69) is 0 Å². The lowest BCUT2D eigenvalue weighted by Crippen LogP contribution is -2.25. The lowest BCUT2D eigenvalue weighted by Gasteiger charge is -2.18. The van der Waals surface area contributed by atoms with E-state index in [1.54, 1.807) is 0 Å². The Labute approximate surface area is 119 Å². The molecule has 1 amide bonds. The summed E-state index contributed by atoms with van der Waals surface area (Å²) in [5.74, 6) is -3.56. The van der Waals surface area contributed by atoms with Gasteiger partial charge in [-0.05, 0) is 18.2 Å². The summed E-state index contributed by atoms with van der Waals surface area (Å²) in [6, 6.07) is 3.46. The molecule has 1 unspecified atom stereocenters. The molecule has 1 aliphatic rings. The minimum atomic E-state index is -4.68. The zero-order chi connectivity index (χ0) is 15.8. The van der Waals surface area contributed by atoms with Gasteiger partial charge in [-0.25, -0.2) is 4.79 Å². The number of aromatic hydroxyl groups is 1. The maximum Gasteiger partial charge on any atom is 0.335 e. The van der Waals surface area contributed by atoms with Crippen LogP contribution in [0.5, 0.6) is 5.75 Å². The first-order valence-corrected chi connectivity index (χ1v) is 7.51. The molecule has 1 aromatic carbocycles. The number of hydrogen-bond donors (Lipinski definition) is 2. The van der Waals surface area contributed by atoms with E-state index < -0.39 is 39.5 Å². The fourth-order valence-corrected chi connectivity index (χ4v) is 3.08. The normalized spacial score (nSPS) is 19.0. The first-order valence-electron chi connectivity index (χ1n) is 5.96. The number of halogens is 1. The SMILES string of the molecule is O=C(O)c1ccc(N2CC(CS(=O)(=O)F)CC2=O)c(O)c1. The van der Waals surface area contributed by atoms with Gasteiger partial charge >= 0.3 is 16.2 Å². The number of carbonyl (C=O) groups is 2. The van der Waals surface area contributed by atoms with Gasteiger partial charge in [-0.2, -0.15) is 8.42 Å². The van der Waals surface area contributed by atoms with Crippen molar-refractivity contribution >= 4 is 27.8 Å². The van der Waals surface area contributed by atoms with Gasteiger partial charge in [-0.15, -0.1) is 3.89 Å². The van der Waals surface area contributed by atoms with Crippen LogP contribution in [0.1, 0.15) is 16.8 Å². The number of anilines is 1. The zero-order valence-corrected chi connectivity index (χ0v) is 11.5. The molecule has 2 N–H and O–H groups in total. The largest absolute Gasteiger partial charge is 0.506 e. The van der Waals surface area contributed by atoms with Crippen molar-refractivity contribution in [2.45, 2.75) is 6.42 Å². The van der Waals surface area contributed by atoms with Crippen molar-refractivity contribution in [3.63, 3.8) is 0 Å². The lowest BCUT2D eigenvalue weighted by atomic mass is 10.1. The van der Waals surface area contributed by atoms with Crippen LogP contribution in [0.2, 0.25) is 0 Å². The summed E-state index contributed by atoms with van der Waals surface area (Å²) >= 11 is 0. The van der Waals surface area contributed by atoms with E-state index >= 15 is 0 Å². The number of amides is 1. The summed E-state index contributed by atoms with van der Waals surface area (Å²) in [5.41, 5.74) is -0.0745. The highest BCUT2D eigenvalue weighted by Crippen LogP contribution is 2.33. The van der Waals surface area contributed by atoms with Crippen molar-refractivity contribution in [1.82, 2.24) is 0 Å². The maximum absolute atomic E-state index is 12.6. The van der Waals surface area contributed by atoms with Gasteiger partial charge in [-0.1, -0.05) is 0 Å². The highest BCUT2D eigenvalue weighted by Gasteiger charge is 2.34. The second kappa shape index (κ2) is 5.32. The Hall–Kier alpha value is -2.16. The van der Waals surface area contributed by atoms with Gasteiger partial charge in [0.15, 0.2) is 0 Å². The van der Waals surface area contributed by atoms with Crippen LogP contribution in [0.25, 0.3) is 0 Å². The molecule has 21 heavy (non-hydrogen) atoms. The first kappa shape index (κ1) is 15.2. The number of carboxylic acids is 1. The van der Waals surface area contributed by atoms with E-state index in [0.29, 0.717) is 0 Å². The van der Waals surface area contributed by atoms with Crippen LogP contribution in [0.15, 0.2) is 18.2 Å².